The molecule has 170 valence electrons. The van der Waals surface area contributed by atoms with Gasteiger partial charge < -0.3 is 19.9 Å². The van der Waals surface area contributed by atoms with E-state index in [1.165, 1.54) is 0 Å². The molecule has 0 atom stereocenters. The summed E-state index contributed by atoms with van der Waals surface area (Å²) in [6.45, 7) is 12.3. The predicted molar refractivity (Wildman–Crippen MR) is 131 cm³/mol. The van der Waals surface area contributed by atoms with Crippen LogP contribution in [0.1, 0.15) is 30.8 Å². The molecule has 3 rings (SSSR count). The summed E-state index contributed by atoms with van der Waals surface area (Å²) in [4.78, 5) is 25.1. The van der Waals surface area contributed by atoms with Crippen LogP contribution in [-0.2, 0) is 11.3 Å². The van der Waals surface area contributed by atoms with Gasteiger partial charge in [0.1, 0.15) is 0 Å². The Kier molecular flexibility index (Phi) is 9.53. The van der Waals surface area contributed by atoms with E-state index < -0.39 is 0 Å². The minimum Gasteiger partial charge on any atom is -0.450 e. The Labute approximate surface area is 200 Å². The lowest BCUT2D eigenvalue weighted by atomic mass is 10.3. The summed E-state index contributed by atoms with van der Waals surface area (Å²) >= 11 is 0. The summed E-state index contributed by atoms with van der Waals surface area (Å²) in [6.07, 6.45) is 1.60. The Bertz CT molecular complexity index is 874. The van der Waals surface area contributed by atoms with Crippen LogP contribution in [0.25, 0.3) is 5.82 Å². The SMILES string of the molecule is CCNC(=NCc1ccc(-n2nc(C)cc2C)nc1)N1CCN(C(=O)OCC)CC1.I. The van der Waals surface area contributed by atoms with Crippen molar-refractivity contribution in [3.05, 3.63) is 41.3 Å². The molecule has 0 saturated carbocycles. The van der Waals surface area contributed by atoms with E-state index in [0.29, 0.717) is 26.2 Å². The topological polar surface area (TPSA) is 87.9 Å². The Morgan fingerprint density at radius 3 is 2.42 bits per heavy atom. The largest absolute Gasteiger partial charge is 0.450 e. The molecule has 3 heterocycles. The summed E-state index contributed by atoms with van der Waals surface area (Å²) < 4.78 is 6.93. The number of piperazine rings is 1. The smallest absolute Gasteiger partial charge is 0.409 e. The van der Waals surface area contributed by atoms with Gasteiger partial charge in [-0.1, -0.05) is 6.07 Å². The van der Waals surface area contributed by atoms with Crippen molar-refractivity contribution in [2.45, 2.75) is 34.2 Å². The molecule has 0 radical (unpaired) electrons. The first kappa shape index (κ1) is 24.9. The number of aliphatic imine (C=N–C) groups is 1. The number of carbonyl (C=O) groups excluding carboxylic acids is 1. The number of carbonyl (C=O) groups is 1. The van der Waals surface area contributed by atoms with Gasteiger partial charge in [-0.3, -0.25) is 0 Å². The van der Waals surface area contributed by atoms with E-state index >= 15 is 0 Å². The molecular weight excluding hydrogens is 509 g/mol. The van der Waals surface area contributed by atoms with Gasteiger partial charge in [0.15, 0.2) is 11.8 Å². The van der Waals surface area contributed by atoms with Crippen LogP contribution >= 0.6 is 24.0 Å². The molecule has 1 saturated heterocycles. The Hall–Kier alpha value is -2.37. The molecule has 31 heavy (non-hydrogen) atoms. The third kappa shape index (κ3) is 6.55. The molecule has 0 spiro atoms. The van der Waals surface area contributed by atoms with Crippen LogP contribution in [0.2, 0.25) is 0 Å². The quantitative estimate of drug-likeness (QED) is 0.356. The number of halogens is 1. The molecular formula is C21H32IN7O2. The van der Waals surface area contributed by atoms with Crippen molar-refractivity contribution in [1.82, 2.24) is 29.9 Å². The number of aryl methyl sites for hydroxylation is 2. The average Bonchev–Trinajstić information content (AvgIpc) is 3.09. The molecule has 1 aliphatic rings. The zero-order valence-electron chi connectivity index (χ0n) is 18.7. The van der Waals surface area contributed by atoms with E-state index in [1.807, 2.05) is 49.8 Å². The van der Waals surface area contributed by atoms with E-state index in [0.717, 1.165) is 48.4 Å². The van der Waals surface area contributed by atoms with Gasteiger partial charge >= 0.3 is 6.09 Å². The van der Waals surface area contributed by atoms with Crippen molar-refractivity contribution < 1.29 is 9.53 Å². The van der Waals surface area contributed by atoms with E-state index in [1.54, 1.807) is 4.90 Å². The van der Waals surface area contributed by atoms with Crippen molar-refractivity contribution in [2.24, 2.45) is 4.99 Å². The maximum absolute atomic E-state index is 11.9. The highest BCUT2D eigenvalue weighted by molar-refractivity contribution is 14.0. The number of nitrogens with one attached hydrogen (secondary N) is 1. The van der Waals surface area contributed by atoms with Gasteiger partial charge in [-0.25, -0.2) is 19.5 Å². The van der Waals surface area contributed by atoms with Crippen LogP contribution in [-0.4, -0.2) is 75.9 Å². The van der Waals surface area contributed by atoms with E-state index in [2.05, 4.69) is 27.2 Å². The number of nitrogens with zero attached hydrogens (tertiary/aromatic N) is 6. The molecule has 0 aromatic carbocycles. The molecule has 9 nitrogen and oxygen atoms in total. The lowest BCUT2D eigenvalue weighted by Crippen LogP contribution is -2.53. The first-order valence-electron chi connectivity index (χ1n) is 10.4. The van der Waals surface area contributed by atoms with Crippen molar-refractivity contribution in [3.8, 4) is 5.82 Å². The Balaban J connectivity index is 0.00000341. The monoisotopic (exact) mass is 541 g/mol. The van der Waals surface area contributed by atoms with Crippen LogP contribution in [0.5, 0.6) is 0 Å². The highest BCUT2D eigenvalue weighted by Crippen LogP contribution is 2.11. The normalized spacial score (nSPS) is 14.3. The molecule has 1 aliphatic heterocycles. The fourth-order valence-electron chi connectivity index (χ4n) is 3.40. The van der Waals surface area contributed by atoms with Gasteiger partial charge in [-0.2, -0.15) is 5.10 Å². The van der Waals surface area contributed by atoms with Crippen LogP contribution in [0.15, 0.2) is 29.4 Å². The van der Waals surface area contributed by atoms with Gasteiger partial charge in [0, 0.05) is 44.6 Å². The lowest BCUT2D eigenvalue weighted by Gasteiger charge is -2.35. The third-order valence-corrected chi connectivity index (χ3v) is 4.89. The second-order valence-corrected chi connectivity index (χ2v) is 7.21. The number of hydrogen-bond acceptors (Lipinski definition) is 5. The average molecular weight is 541 g/mol. The summed E-state index contributed by atoms with van der Waals surface area (Å²) in [7, 11) is 0. The Morgan fingerprint density at radius 1 is 1.16 bits per heavy atom. The first-order chi connectivity index (χ1) is 14.5. The number of amides is 1. The zero-order chi connectivity index (χ0) is 21.5. The number of hydrogen-bond donors (Lipinski definition) is 1. The predicted octanol–water partition coefficient (Wildman–Crippen LogP) is 2.74. The summed E-state index contributed by atoms with van der Waals surface area (Å²) in [5, 5.41) is 7.82. The molecule has 2 aromatic heterocycles. The fraction of sp³-hybridized carbons (Fsp3) is 0.524. The molecule has 1 fully saturated rings. The zero-order valence-corrected chi connectivity index (χ0v) is 21.0. The van der Waals surface area contributed by atoms with Gasteiger partial charge in [0.05, 0.1) is 18.8 Å². The first-order valence-corrected chi connectivity index (χ1v) is 10.4. The van der Waals surface area contributed by atoms with Crippen molar-refractivity contribution in [1.29, 1.82) is 0 Å². The van der Waals surface area contributed by atoms with Crippen LogP contribution in [0.3, 0.4) is 0 Å². The van der Waals surface area contributed by atoms with Crippen LogP contribution < -0.4 is 5.32 Å². The summed E-state index contributed by atoms with van der Waals surface area (Å²) in [6, 6.07) is 6.03. The molecule has 0 bridgehead atoms. The molecule has 2 aromatic rings. The third-order valence-electron chi connectivity index (χ3n) is 4.89. The van der Waals surface area contributed by atoms with Crippen LogP contribution in [0.4, 0.5) is 4.79 Å². The molecule has 0 aliphatic carbocycles. The minimum atomic E-state index is -0.243. The fourth-order valence-corrected chi connectivity index (χ4v) is 3.40. The van der Waals surface area contributed by atoms with Gasteiger partial charge in [-0.05, 0) is 45.4 Å². The molecule has 0 unspecified atom stereocenters. The van der Waals surface area contributed by atoms with E-state index in [9.17, 15) is 4.79 Å². The highest BCUT2D eigenvalue weighted by atomic mass is 127. The van der Waals surface area contributed by atoms with Gasteiger partial charge in [0.2, 0.25) is 0 Å². The molecule has 1 N–H and O–H groups in total. The summed E-state index contributed by atoms with van der Waals surface area (Å²) in [5.41, 5.74) is 3.06. The van der Waals surface area contributed by atoms with Crippen molar-refractivity contribution in [3.63, 3.8) is 0 Å². The maximum atomic E-state index is 11.9. The minimum absolute atomic E-state index is 0. The standard InChI is InChI=1S/C21H31N7O2.HI/c1-5-22-20(26-9-11-27(12-10-26)21(29)30-6-2)24-15-18-7-8-19(23-14-18)28-17(4)13-16(3)25-28;/h7-8,13-14H,5-6,9-12,15H2,1-4H3,(H,22,24);1H. The van der Waals surface area contributed by atoms with Gasteiger partial charge in [0.25, 0.3) is 0 Å². The number of aromatic nitrogens is 3. The second kappa shape index (κ2) is 11.9. The Morgan fingerprint density at radius 2 is 1.87 bits per heavy atom. The van der Waals surface area contributed by atoms with Crippen LogP contribution in [0, 0.1) is 13.8 Å². The molecule has 1 amide bonds. The van der Waals surface area contributed by atoms with Crippen molar-refractivity contribution in [2.75, 3.05) is 39.3 Å². The van der Waals surface area contributed by atoms with Gasteiger partial charge in [-0.15, -0.1) is 24.0 Å². The van der Waals surface area contributed by atoms with E-state index in [4.69, 9.17) is 9.73 Å². The number of pyridine rings is 1. The maximum Gasteiger partial charge on any atom is 0.409 e. The highest BCUT2D eigenvalue weighted by Gasteiger charge is 2.23. The number of guanidine groups is 1. The summed E-state index contributed by atoms with van der Waals surface area (Å²) in [5.74, 6) is 1.65. The molecule has 10 heteroatoms. The van der Waals surface area contributed by atoms with E-state index in [-0.39, 0.29) is 30.1 Å². The number of rotatable bonds is 5. The van der Waals surface area contributed by atoms with Crippen molar-refractivity contribution >= 4 is 36.0 Å². The second-order valence-electron chi connectivity index (χ2n) is 7.21. The lowest BCUT2D eigenvalue weighted by molar-refractivity contribution is 0.0914. The number of ether oxygens (including phenoxy) is 1.